The molecule has 2 rings (SSSR count). The summed E-state index contributed by atoms with van der Waals surface area (Å²) in [7, 11) is 0. The Balaban J connectivity index is 2.82. The quantitative estimate of drug-likeness (QED) is 0.726. The fourth-order valence-corrected chi connectivity index (χ4v) is 2.46. The summed E-state index contributed by atoms with van der Waals surface area (Å²) in [6.07, 6.45) is 0. The van der Waals surface area contributed by atoms with Crippen molar-refractivity contribution in [3.63, 3.8) is 0 Å². The van der Waals surface area contributed by atoms with Crippen LogP contribution in [0.2, 0.25) is 5.15 Å². The van der Waals surface area contributed by atoms with Crippen LogP contribution in [0.4, 0.5) is 0 Å². The van der Waals surface area contributed by atoms with E-state index in [9.17, 15) is 0 Å². The Morgan fingerprint density at radius 1 is 1.25 bits per heavy atom. The zero-order valence-electron chi connectivity index (χ0n) is 9.38. The number of benzene rings is 1. The van der Waals surface area contributed by atoms with Crippen molar-refractivity contribution in [3.8, 4) is 0 Å². The maximum Gasteiger partial charge on any atom is 0.140 e. The smallest absolute Gasteiger partial charge is 0.140 e. The van der Waals surface area contributed by atoms with Crippen LogP contribution in [0.3, 0.4) is 0 Å². The Labute approximate surface area is 108 Å². The Hall–Kier alpha value is -0.670. The van der Waals surface area contributed by atoms with Crippen LogP contribution in [-0.2, 0) is 0 Å². The molecule has 0 radical (unpaired) electrons. The predicted octanol–water partition coefficient (Wildman–Crippen LogP) is 4.48. The van der Waals surface area contributed by atoms with E-state index >= 15 is 0 Å². The molecular weight excluding hydrogens is 288 g/mol. The minimum absolute atomic E-state index is 0.273. The number of hydrogen-bond donors (Lipinski definition) is 0. The fourth-order valence-electron chi connectivity index (χ4n) is 1.56. The Morgan fingerprint density at radius 3 is 2.56 bits per heavy atom. The first-order valence-electron chi connectivity index (χ1n) is 5.12. The topological polar surface area (TPSA) is 25.8 Å². The molecule has 0 saturated heterocycles. The second kappa shape index (κ2) is 4.30. The molecule has 1 aromatic carbocycles. The first-order valence-corrected chi connectivity index (χ1v) is 6.29. The van der Waals surface area contributed by atoms with E-state index in [1.165, 1.54) is 0 Å². The van der Waals surface area contributed by atoms with Gasteiger partial charge in [-0.3, -0.25) is 0 Å². The van der Waals surface area contributed by atoms with Gasteiger partial charge in [-0.15, -0.1) is 0 Å². The van der Waals surface area contributed by atoms with Crippen LogP contribution in [0, 0.1) is 6.92 Å². The summed E-state index contributed by atoms with van der Waals surface area (Å²) in [6.45, 7) is 6.13. The molecule has 84 valence electrons. The second-order valence-electron chi connectivity index (χ2n) is 4.17. The second-order valence-corrected chi connectivity index (χ2v) is 5.38. The van der Waals surface area contributed by atoms with Crippen molar-refractivity contribution in [2.45, 2.75) is 26.7 Å². The van der Waals surface area contributed by atoms with E-state index in [4.69, 9.17) is 11.6 Å². The highest BCUT2D eigenvalue weighted by atomic mass is 79.9. The summed E-state index contributed by atoms with van der Waals surface area (Å²) < 4.78 is 0.966. The third-order valence-corrected chi connectivity index (χ3v) is 3.28. The molecule has 0 aliphatic carbocycles. The molecule has 0 saturated carbocycles. The van der Waals surface area contributed by atoms with Gasteiger partial charge in [0.2, 0.25) is 0 Å². The van der Waals surface area contributed by atoms with Crippen LogP contribution < -0.4 is 0 Å². The molecule has 0 N–H and O–H groups in total. The minimum Gasteiger partial charge on any atom is -0.231 e. The van der Waals surface area contributed by atoms with Crippen LogP contribution >= 0.6 is 27.5 Å². The van der Waals surface area contributed by atoms with E-state index in [-0.39, 0.29) is 5.92 Å². The zero-order valence-corrected chi connectivity index (χ0v) is 11.7. The van der Waals surface area contributed by atoms with Crippen molar-refractivity contribution in [1.29, 1.82) is 0 Å². The van der Waals surface area contributed by atoms with Crippen LogP contribution in [0.5, 0.6) is 0 Å². The lowest BCUT2D eigenvalue weighted by molar-refractivity contribution is 0.783. The normalized spacial score (nSPS) is 11.4. The molecule has 0 aliphatic rings. The Kier molecular flexibility index (Phi) is 3.17. The van der Waals surface area contributed by atoms with E-state index < -0.39 is 0 Å². The largest absolute Gasteiger partial charge is 0.231 e. The van der Waals surface area contributed by atoms with Gasteiger partial charge in [-0.1, -0.05) is 25.4 Å². The molecule has 16 heavy (non-hydrogen) atoms. The van der Waals surface area contributed by atoms with Crippen molar-refractivity contribution < 1.29 is 0 Å². The highest BCUT2D eigenvalue weighted by Gasteiger charge is 2.11. The van der Waals surface area contributed by atoms with E-state index in [0.29, 0.717) is 5.15 Å². The van der Waals surface area contributed by atoms with Gasteiger partial charge in [0.1, 0.15) is 11.0 Å². The van der Waals surface area contributed by atoms with Gasteiger partial charge in [-0.25, -0.2) is 9.97 Å². The summed E-state index contributed by atoms with van der Waals surface area (Å²) in [5.74, 6) is 1.05. The van der Waals surface area contributed by atoms with Gasteiger partial charge in [0, 0.05) is 15.8 Å². The fraction of sp³-hybridized carbons (Fsp3) is 0.333. The minimum atomic E-state index is 0.273. The maximum atomic E-state index is 6.18. The molecule has 0 aliphatic heterocycles. The van der Waals surface area contributed by atoms with E-state index in [1.54, 1.807) is 0 Å². The first kappa shape index (κ1) is 11.8. The third-order valence-electron chi connectivity index (χ3n) is 2.39. The maximum absolute atomic E-state index is 6.18. The SMILES string of the molecule is Cc1cc(Br)c2nc(C(C)C)nc(Cl)c2c1. The zero-order chi connectivity index (χ0) is 11.9. The third kappa shape index (κ3) is 2.06. The van der Waals surface area contributed by atoms with Gasteiger partial charge in [-0.2, -0.15) is 0 Å². The van der Waals surface area contributed by atoms with Crippen LogP contribution in [0.15, 0.2) is 16.6 Å². The molecule has 1 heterocycles. The Bertz CT molecular complexity index is 552. The molecule has 2 nitrogen and oxygen atoms in total. The van der Waals surface area contributed by atoms with Gasteiger partial charge in [-0.05, 0) is 40.5 Å². The lowest BCUT2D eigenvalue weighted by Gasteiger charge is -2.08. The highest BCUT2D eigenvalue weighted by Crippen LogP contribution is 2.29. The van der Waals surface area contributed by atoms with Crippen molar-refractivity contribution >= 4 is 38.4 Å². The van der Waals surface area contributed by atoms with Gasteiger partial charge in [0.25, 0.3) is 0 Å². The van der Waals surface area contributed by atoms with Crippen molar-refractivity contribution in [2.24, 2.45) is 0 Å². The molecular formula is C12H12BrClN2. The molecule has 2 aromatic rings. The standard InChI is InChI=1S/C12H12BrClN2/c1-6(2)12-15-10-8(11(14)16-12)4-7(3)5-9(10)13/h4-6H,1-3H3. The van der Waals surface area contributed by atoms with Gasteiger partial charge < -0.3 is 0 Å². The predicted molar refractivity (Wildman–Crippen MR) is 71.1 cm³/mol. The van der Waals surface area contributed by atoms with E-state index in [2.05, 4.69) is 39.7 Å². The summed E-state index contributed by atoms with van der Waals surface area (Å²) in [4.78, 5) is 8.85. The lowest BCUT2D eigenvalue weighted by Crippen LogP contribution is -1.99. The summed E-state index contributed by atoms with van der Waals surface area (Å²) in [6, 6.07) is 4.04. The molecule has 4 heteroatoms. The van der Waals surface area contributed by atoms with Gasteiger partial charge in [0.15, 0.2) is 0 Å². The first-order chi connectivity index (χ1) is 7.49. The Morgan fingerprint density at radius 2 is 1.94 bits per heavy atom. The summed E-state index contributed by atoms with van der Waals surface area (Å²) >= 11 is 9.69. The summed E-state index contributed by atoms with van der Waals surface area (Å²) in [5, 5.41) is 1.43. The van der Waals surface area contributed by atoms with Crippen molar-refractivity contribution in [2.75, 3.05) is 0 Å². The molecule has 1 aromatic heterocycles. The highest BCUT2D eigenvalue weighted by molar-refractivity contribution is 9.10. The average Bonchev–Trinajstić information content (AvgIpc) is 2.19. The molecule has 0 amide bonds. The van der Waals surface area contributed by atoms with E-state index in [1.807, 2.05) is 19.1 Å². The number of aryl methyl sites for hydroxylation is 1. The van der Waals surface area contributed by atoms with Crippen molar-refractivity contribution in [3.05, 3.63) is 33.1 Å². The van der Waals surface area contributed by atoms with Gasteiger partial charge >= 0.3 is 0 Å². The number of aromatic nitrogens is 2. The van der Waals surface area contributed by atoms with Gasteiger partial charge in [0.05, 0.1) is 5.52 Å². The average molecular weight is 300 g/mol. The molecule has 0 bridgehead atoms. The van der Waals surface area contributed by atoms with Crippen molar-refractivity contribution in [1.82, 2.24) is 9.97 Å². The lowest BCUT2D eigenvalue weighted by atomic mass is 10.1. The number of fused-ring (bicyclic) bond motifs is 1. The molecule has 0 atom stereocenters. The number of rotatable bonds is 1. The monoisotopic (exact) mass is 298 g/mol. The number of hydrogen-bond acceptors (Lipinski definition) is 2. The molecule has 0 spiro atoms. The molecule has 0 fully saturated rings. The molecule has 0 unspecified atom stereocenters. The summed E-state index contributed by atoms with van der Waals surface area (Å²) in [5.41, 5.74) is 2.02. The van der Waals surface area contributed by atoms with Crippen LogP contribution in [-0.4, -0.2) is 9.97 Å². The van der Waals surface area contributed by atoms with E-state index in [0.717, 1.165) is 26.8 Å². The number of halogens is 2. The number of nitrogens with zero attached hydrogens (tertiary/aromatic N) is 2. The van der Waals surface area contributed by atoms with Crippen LogP contribution in [0.1, 0.15) is 31.2 Å². The van der Waals surface area contributed by atoms with Crippen LogP contribution in [0.25, 0.3) is 10.9 Å².